The second kappa shape index (κ2) is 10.7. The maximum absolute atomic E-state index is 12.8. The molecule has 0 aliphatic heterocycles. The van der Waals surface area contributed by atoms with E-state index in [1.54, 1.807) is 24.3 Å². The van der Waals surface area contributed by atoms with Gasteiger partial charge in [0.1, 0.15) is 35.1 Å². The number of rotatable bonds is 9. The summed E-state index contributed by atoms with van der Waals surface area (Å²) in [4.78, 5) is 19.6. The molecule has 9 nitrogen and oxygen atoms in total. The average molecular weight is 511 g/mol. The number of carbonyl (C=O) groups is 1. The van der Waals surface area contributed by atoms with Crippen LogP contribution < -0.4 is 10.6 Å². The number of pyridine rings is 1. The van der Waals surface area contributed by atoms with Crippen molar-refractivity contribution >= 4 is 58.5 Å². The molecule has 0 saturated carbocycles. The van der Waals surface area contributed by atoms with E-state index in [1.165, 1.54) is 24.5 Å². The number of halogens is 2. The summed E-state index contributed by atoms with van der Waals surface area (Å²) in [5.41, 5.74) is -1.16. The zero-order valence-electron chi connectivity index (χ0n) is 18.1. The Morgan fingerprint density at radius 3 is 2.51 bits per heavy atom. The number of nitrogens with one attached hydrogen (secondary N) is 3. The minimum absolute atomic E-state index is 0.0979. The van der Waals surface area contributed by atoms with Crippen molar-refractivity contribution < 1.29 is 25.2 Å². The van der Waals surface area contributed by atoms with Crippen molar-refractivity contribution in [3.8, 4) is 11.1 Å². The van der Waals surface area contributed by atoms with Gasteiger partial charge in [0.25, 0.3) is 5.91 Å². The lowest BCUT2D eigenvalue weighted by Gasteiger charge is -2.43. The number of amides is 1. The van der Waals surface area contributed by atoms with Gasteiger partial charge in [0, 0.05) is 33.9 Å². The van der Waals surface area contributed by atoms with Gasteiger partial charge in [-0.2, -0.15) is 0 Å². The van der Waals surface area contributed by atoms with Gasteiger partial charge in [-0.25, -0.2) is 4.98 Å². The highest BCUT2D eigenvalue weighted by Crippen LogP contribution is 2.32. The van der Waals surface area contributed by atoms with Crippen LogP contribution in [0.5, 0.6) is 0 Å². The fourth-order valence-electron chi connectivity index (χ4n) is 3.21. The highest BCUT2D eigenvalue weighted by atomic mass is 35.5. The SMILES string of the molecule is [B]C(O)C(O)(Nc1cc(-c2c[nH]c(C(=O)NC(CO)c3cccc(Cl)c3)c2)c(Cl)cn1)C([B])([B])O. The standard InChI is InChI=1S/C21H19B3Cl2N4O5/c22-19(33)20(34,21(23,24)35)30-17-6-13(14(26)8-28-17)11-5-15(27-7-11)18(32)29-16(9-31)10-2-1-3-12(25)4-10/h1-8,16,19,27,31,33-35H,9H2,(H,28,30)(H,29,32). The van der Waals surface area contributed by atoms with Crippen molar-refractivity contribution in [2.75, 3.05) is 11.9 Å². The maximum Gasteiger partial charge on any atom is 0.268 e. The van der Waals surface area contributed by atoms with Gasteiger partial charge >= 0.3 is 0 Å². The number of anilines is 1. The molecule has 3 atom stereocenters. The molecule has 3 rings (SSSR count). The Morgan fingerprint density at radius 1 is 1.20 bits per heavy atom. The molecular formula is C21H19B3Cl2N4O5. The van der Waals surface area contributed by atoms with Gasteiger partial charge in [-0.3, -0.25) is 4.79 Å². The van der Waals surface area contributed by atoms with Crippen molar-refractivity contribution in [3.05, 3.63) is 70.1 Å². The van der Waals surface area contributed by atoms with Crippen molar-refractivity contribution in [1.82, 2.24) is 15.3 Å². The fourth-order valence-corrected chi connectivity index (χ4v) is 3.62. The zero-order chi connectivity index (χ0) is 26.0. The molecule has 0 aliphatic rings. The molecule has 6 radical (unpaired) electrons. The number of H-pyrrole nitrogens is 1. The molecule has 0 fully saturated rings. The first kappa shape index (κ1) is 27.1. The Balaban J connectivity index is 1.84. The van der Waals surface area contributed by atoms with E-state index in [0.29, 0.717) is 21.7 Å². The number of aromatic nitrogens is 2. The number of hydrogen-bond donors (Lipinski definition) is 7. The van der Waals surface area contributed by atoms with Crippen LogP contribution >= 0.6 is 23.2 Å². The summed E-state index contributed by atoms with van der Waals surface area (Å²) in [7, 11) is 16.0. The smallest absolute Gasteiger partial charge is 0.268 e. The lowest BCUT2D eigenvalue weighted by atomic mass is 9.55. The van der Waals surface area contributed by atoms with Crippen LogP contribution in [0, 0.1) is 0 Å². The Labute approximate surface area is 215 Å². The van der Waals surface area contributed by atoms with E-state index < -0.39 is 29.1 Å². The summed E-state index contributed by atoms with van der Waals surface area (Å²) in [6.07, 6.45) is 2.72. The van der Waals surface area contributed by atoms with Crippen LogP contribution in [0.4, 0.5) is 5.82 Å². The summed E-state index contributed by atoms with van der Waals surface area (Å²) in [5.74, 6) is -0.602. The predicted octanol–water partition coefficient (Wildman–Crippen LogP) is 0.417. The Kier molecular flexibility index (Phi) is 8.26. The van der Waals surface area contributed by atoms with Crippen LogP contribution in [0.15, 0.2) is 48.8 Å². The van der Waals surface area contributed by atoms with Crippen molar-refractivity contribution in [1.29, 1.82) is 0 Å². The minimum atomic E-state index is -2.84. The lowest BCUT2D eigenvalue weighted by Crippen LogP contribution is -2.67. The molecule has 2 heterocycles. The number of aliphatic hydroxyl groups is 4. The molecule has 0 bridgehead atoms. The van der Waals surface area contributed by atoms with Crippen LogP contribution in [-0.2, 0) is 0 Å². The lowest BCUT2D eigenvalue weighted by molar-refractivity contribution is -0.0877. The molecular weight excluding hydrogens is 492 g/mol. The molecule has 3 unspecified atom stereocenters. The molecule has 2 aromatic heterocycles. The largest absolute Gasteiger partial charge is 0.404 e. The molecule has 176 valence electrons. The fraction of sp³-hybridized carbons (Fsp3) is 0.238. The van der Waals surface area contributed by atoms with E-state index in [0.717, 1.165) is 0 Å². The van der Waals surface area contributed by atoms with Gasteiger partial charge in [0.05, 0.1) is 23.7 Å². The number of aliphatic hydroxyl groups excluding tert-OH is 2. The van der Waals surface area contributed by atoms with Crippen molar-refractivity contribution in [3.63, 3.8) is 0 Å². The van der Waals surface area contributed by atoms with E-state index in [2.05, 4.69) is 20.6 Å². The predicted molar refractivity (Wildman–Crippen MR) is 135 cm³/mol. The van der Waals surface area contributed by atoms with Gasteiger partial charge in [0.2, 0.25) is 0 Å². The molecule has 0 saturated heterocycles. The minimum Gasteiger partial charge on any atom is -0.404 e. The van der Waals surface area contributed by atoms with E-state index in [-0.39, 0.29) is 23.1 Å². The maximum atomic E-state index is 12.8. The first-order valence-electron chi connectivity index (χ1n) is 10.1. The molecule has 1 amide bonds. The third-order valence-corrected chi connectivity index (χ3v) is 5.73. The third-order valence-electron chi connectivity index (χ3n) is 5.19. The van der Waals surface area contributed by atoms with Crippen LogP contribution in [0.25, 0.3) is 11.1 Å². The number of aromatic amines is 1. The van der Waals surface area contributed by atoms with Crippen molar-refractivity contribution in [2.24, 2.45) is 0 Å². The number of hydrogen-bond acceptors (Lipinski definition) is 7. The number of carbonyl (C=O) groups excluding carboxylic acids is 1. The van der Waals surface area contributed by atoms with Crippen LogP contribution in [0.3, 0.4) is 0 Å². The normalized spacial score (nSPS) is 15.1. The molecule has 0 aliphatic carbocycles. The summed E-state index contributed by atoms with van der Waals surface area (Å²) in [5, 5.41) is 42.5. The van der Waals surface area contributed by atoms with Crippen LogP contribution in [0.1, 0.15) is 22.1 Å². The van der Waals surface area contributed by atoms with Gasteiger partial charge in [0.15, 0.2) is 5.72 Å². The number of nitrogens with zero attached hydrogens (tertiary/aromatic N) is 1. The summed E-state index contributed by atoms with van der Waals surface area (Å²) >= 11 is 12.3. The summed E-state index contributed by atoms with van der Waals surface area (Å²) < 4.78 is 0. The highest BCUT2D eigenvalue weighted by Gasteiger charge is 2.45. The van der Waals surface area contributed by atoms with E-state index in [9.17, 15) is 25.2 Å². The van der Waals surface area contributed by atoms with E-state index in [1.807, 2.05) is 0 Å². The quantitative estimate of drug-likeness (QED) is 0.163. The molecule has 35 heavy (non-hydrogen) atoms. The molecule has 3 aromatic rings. The second-order valence-electron chi connectivity index (χ2n) is 7.78. The van der Waals surface area contributed by atoms with Gasteiger partial charge in [-0.05, 0) is 29.8 Å². The summed E-state index contributed by atoms with van der Waals surface area (Å²) in [6.45, 7) is -0.352. The highest BCUT2D eigenvalue weighted by molar-refractivity contribution is 6.40. The van der Waals surface area contributed by atoms with Gasteiger partial charge in [-0.15, -0.1) is 0 Å². The molecule has 1 aromatic carbocycles. The topological polar surface area (TPSA) is 151 Å². The zero-order valence-corrected chi connectivity index (χ0v) is 19.6. The second-order valence-corrected chi connectivity index (χ2v) is 8.62. The Morgan fingerprint density at radius 2 is 1.91 bits per heavy atom. The van der Waals surface area contributed by atoms with Crippen LogP contribution in [0.2, 0.25) is 10.0 Å². The average Bonchev–Trinajstić information content (AvgIpc) is 3.28. The Bertz CT molecular complexity index is 1210. The van der Waals surface area contributed by atoms with Crippen LogP contribution in [-0.4, -0.2) is 83.6 Å². The first-order chi connectivity index (χ1) is 16.4. The van der Waals surface area contributed by atoms with E-state index >= 15 is 0 Å². The van der Waals surface area contributed by atoms with Gasteiger partial charge < -0.3 is 36.0 Å². The van der Waals surface area contributed by atoms with Gasteiger partial charge in [-0.1, -0.05) is 35.3 Å². The van der Waals surface area contributed by atoms with E-state index in [4.69, 9.17) is 46.7 Å². The monoisotopic (exact) mass is 510 g/mol. The number of benzene rings is 1. The molecule has 14 heteroatoms. The summed E-state index contributed by atoms with van der Waals surface area (Å²) in [6, 6.07) is 6.81. The third kappa shape index (κ3) is 6.03. The first-order valence-corrected chi connectivity index (χ1v) is 10.9. The molecule has 7 N–H and O–H groups in total. The molecule has 0 spiro atoms. The Hall–Kier alpha value is -2.47. The van der Waals surface area contributed by atoms with Crippen molar-refractivity contribution in [2.45, 2.75) is 23.2 Å².